The molecule has 0 fully saturated rings. The largest absolute Gasteiger partial charge is 0.139 e. The van der Waals surface area contributed by atoms with E-state index in [1.807, 2.05) is 0 Å². The van der Waals surface area contributed by atoms with Gasteiger partial charge in [-0.25, -0.2) is 0 Å². The van der Waals surface area contributed by atoms with Gasteiger partial charge in [0.25, 0.3) is 0 Å². The second-order valence-corrected chi connectivity index (χ2v) is 7.43. The zero-order valence-corrected chi connectivity index (χ0v) is 13.0. The molecule has 96 valence electrons. The van der Waals surface area contributed by atoms with Crippen molar-refractivity contribution in [1.82, 2.24) is 0 Å². The summed E-state index contributed by atoms with van der Waals surface area (Å²) < 4.78 is 0. The lowest BCUT2D eigenvalue weighted by molar-refractivity contribution is 0.176. The third-order valence-corrected chi connectivity index (χ3v) is 4.40. The van der Waals surface area contributed by atoms with Crippen LogP contribution in [-0.2, 0) is 0 Å². The monoisotopic (exact) mass is 224 g/mol. The van der Waals surface area contributed by atoms with Gasteiger partial charge in [0.05, 0.1) is 0 Å². The second kappa shape index (κ2) is 6.12. The zero-order chi connectivity index (χ0) is 13.0. The molecule has 0 rings (SSSR count). The van der Waals surface area contributed by atoms with Gasteiger partial charge in [-0.2, -0.15) is 0 Å². The van der Waals surface area contributed by atoms with E-state index in [1.165, 1.54) is 25.6 Å². The van der Waals surface area contributed by atoms with Crippen molar-refractivity contribution < 1.29 is 0 Å². The molecular weight excluding hydrogens is 191 g/mol. The Balaban J connectivity index is 4.34. The maximum Gasteiger partial charge on any atom is 0.139 e. The van der Waals surface area contributed by atoms with Crippen molar-refractivity contribution in [3.8, 4) is 0 Å². The molecule has 0 aromatic heterocycles. The first-order valence-corrected chi connectivity index (χ1v) is 7.13. The van der Waals surface area contributed by atoms with Crippen LogP contribution in [0.1, 0.15) is 67.7 Å². The predicted molar refractivity (Wildman–Crippen MR) is 78.6 cm³/mol. The predicted octanol–water partition coefficient (Wildman–Crippen LogP) is 5.76. The molecule has 0 nitrogen and oxygen atoms in total. The summed E-state index contributed by atoms with van der Waals surface area (Å²) in [5, 5.41) is 0. The number of hydrogen-bond acceptors (Lipinski definition) is 0. The molecule has 0 aromatic carbocycles. The maximum atomic E-state index is 2.45. The molecule has 1 heteroatoms. The molecule has 0 N–H and O–H groups in total. The summed E-state index contributed by atoms with van der Waals surface area (Å²) in [6.45, 7) is 20.0. The molecule has 0 saturated carbocycles. The van der Waals surface area contributed by atoms with Crippen LogP contribution in [0.25, 0.3) is 0 Å². The highest BCUT2D eigenvalue weighted by molar-refractivity contribution is 6.58. The van der Waals surface area contributed by atoms with Gasteiger partial charge < -0.3 is 0 Å². The SMILES string of the molecule is CCB(C)C(C)CC(C)(C)CC(C)(C)CC. The Morgan fingerprint density at radius 2 is 1.50 bits per heavy atom. The first-order valence-electron chi connectivity index (χ1n) is 7.13. The van der Waals surface area contributed by atoms with E-state index in [2.05, 4.69) is 55.3 Å². The first-order chi connectivity index (χ1) is 7.13. The van der Waals surface area contributed by atoms with Crippen LogP contribution in [0.4, 0.5) is 0 Å². The molecule has 0 aliphatic rings. The minimum atomic E-state index is 0.488. The zero-order valence-electron chi connectivity index (χ0n) is 13.0. The van der Waals surface area contributed by atoms with Gasteiger partial charge in [0.2, 0.25) is 0 Å². The van der Waals surface area contributed by atoms with Gasteiger partial charge in [0.15, 0.2) is 0 Å². The molecule has 0 saturated heterocycles. The average molecular weight is 224 g/mol. The van der Waals surface area contributed by atoms with E-state index < -0.39 is 0 Å². The van der Waals surface area contributed by atoms with Gasteiger partial charge >= 0.3 is 0 Å². The minimum absolute atomic E-state index is 0.488. The van der Waals surface area contributed by atoms with Crippen LogP contribution in [0.5, 0.6) is 0 Å². The van der Waals surface area contributed by atoms with Gasteiger partial charge in [-0.15, -0.1) is 0 Å². The highest BCUT2D eigenvalue weighted by atomic mass is 14.3. The van der Waals surface area contributed by atoms with Crippen LogP contribution in [-0.4, -0.2) is 6.71 Å². The Kier molecular flexibility index (Phi) is 6.15. The molecular formula is C15H33B. The normalized spacial score (nSPS) is 15.0. The summed E-state index contributed by atoms with van der Waals surface area (Å²) in [6.07, 6.45) is 5.31. The van der Waals surface area contributed by atoms with Crippen LogP contribution in [0.15, 0.2) is 0 Å². The summed E-state index contributed by atoms with van der Waals surface area (Å²) in [5.74, 6) is 0.854. The van der Waals surface area contributed by atoms with Crippen molar-refractivity contribution in [2.75, 3.05) is 0 Å². The molecule has 16 heavy (non-hydrogen) atoms. The van der Waals surface area contributed by atoms with E-state index >= 15 is 0 Å². The van der Waals surface area contributed by atoms with Crippen LogP contribution in [0.2, 0.25) is 19.0 Å². The molecule has 0 radical (unpaired) electrons. The smallest absolute Gasteiger partial charge is 0.0859 e. The molecule has 1 atom stereocenters. The molecule has 0 heterocycles. The Bertz CT molecular complexity index is 194. The van der Waals surface area contributed by atoms with Crippen LogP contribution in [0.3, 0.4) is 0 Å². The summed E-state index contributed by atoms with van der Waals surface area (Å²) >= 11 is 0. The summed E-state index contributed by atoms with van der Waals surface area (Å²) in [7, 11) is 0. The molecule has 0 amide bonds. The summed E-state index contributed by atoms with van der Waals surface area (Å²) in [6, 6.07) is 0. The van der Waals surface area contributed by atoms with E-state index in [1.54, 1.807) is 0 Å². The number of rotatable bonds is 7. The lowest BCUT2D eigenvalue weighted by atomic mass is 9.39. The van der Waals surface area contributed by atoms with Crippen molar-refractivity contribution in [2.45, 2.75) is 86.7 Å². The Labute approximate surface area is 105 Å². The van der Waals surface area contributed by atoms with Gasteiger partial charge in [0, 0.05) is 0 Å². The fraction of sp³-hybridized carbons (Fsp3) is 1.00. The van der Waals surface area contributed by atoms with Crippen molar-refractivity contribution in [1.29, 1.82) is 0 Å². The first kappa shape index (κ1) is 16.1. The molecule has 0 aromatic rings. The molecule has 1 unspecified atom stereocenters. The highest BCUT2D eigenvalue weighted by Crippen LogP contribution is 2.41. The van der Waals surface area contributed by atoms with Gasteiger partial charge in [-0.3, -0.25) is 0 Å². The third kappa shape index (κ3) is 5.96. The van der Waals surface area contributed by atoms with Gasteiger partial charge in [0.1, 0.15) is 6.71 Å². The lowest BCUT2D eigenvalue weighted by Crippen LogP contribution is -2.26. The fourth-order valence-electron chi connectivity index (χ4n) is 2.97. The maximum absolute atomic E-state index is 2.45. The van der Waals surface area contributed by atoms with Crippen molar-refractivity contribution in [3.05, 3.63) is 0 Å². The van der Waals surface area contributed by atoms with E-state index in [4.69, 9.17) is 0 Å². The highest BCUT2D eigenvalue weighted by Gasteiger charge is 2.30. The fourth-order valence-corrected chi connectivity index (χ4v) is 2.97. The van der Waals surface area contributed by atoms with E-state index in [0.29, 0.717) is 10.8 Å². The van der Waals surface area contributed by atoms with E-state index in [9.17, 15) is 0 Å². The van der Waals surface area contributed by atoms with Crippen LogP contribution in [0, 0.1) is 10.8 Å². The van der Waals surface area contributed by atoms with E-state index in [-0.39, 0.29) is 0 Å². The van der Waals surface area contributed by atoms with Crippen molar-refractivity contribution >= 4 is 6.71 Å². The molecule has 0 bridgehead atoms. The second-order valence-electron chi connectivity index (χ2n) is 7.43. The summed E-state index contributed by atoms with van der Waals surface area (Å²) in [5.41, 5.74) is 0.987. The van der Waals surface area contributed by atoms with Crippen molar-refractivity contribution in [2.24, 2.45) is 10.8 Å². The van der Waals surface area contributed by atoms with Gasteiger partial charge in [-0.05, 0) is 17.3 Å². The van der Waals surface area contributed by atoms with Crippen LogP contribution < -0.4 is 0 Å². The summed E-state index contributed by atoms with van der Waals surface area (Å²) in [4.78, 5) is 0. The quantitative estimate of drug-likeness (QED) is 0.482. The third-order valence-electron chi connectivity index (χ3n) is 4.40. The number of hydrogen-bond donors (Lipinski definition) is 0. The standard InChI is InChI=1S/C15H33B/c1-9-14(4,5)12-15(6,7)11-13(3)16(8)10-2/h13H,9-12H2,1-8H3. The Morgan fingerprint density at radius 1 is 1.00 bits per heavy atom. The Hall–Kier alpha value is 0.0649. The average Bonchev–Trinajstić information content (AvgIpc) is 2.14. The molecule has 0 aliphatic carbocycles. The van der Waals surface area contributed by atoms with Gasteiger partial charge in [-0.1, -0.05) is 80.3 Å². The molecule has 0 spiro atoms. The van der Waals surface area contributed by atoms with E-state index in [0.717, 1.165) is 12.5 Å². The lowest BCUT2D eigenvalue weighted by Gasteiger charge is -2.37. The van der Waals surface area contributed by atoms with Crippen molar-refractivity contribution in [3.63, 3.8) is 0 Å². The minimum Gasteiger partial charge on any atom is -0.0859 e. The topological polar surface area (TPSA) is 0 Å². The molecule has 0 aliphatic heterocycles. The Morgan fingerprint density at radius 3 is 1.88 bits per heavy atom. The van der Waals surface area contributed by atoms with Crippen LogP contribution >= 0.6 is 0 Å².